The largest absolute Gasteiger partial charge is 0.481 e. The second-order valence-corrected chi connectivity index (χ2v) is 8.12. The molecule has 0 aliphatic carbocycles. The summed E-state index contributed by atoms with van der Waals surface area (Å²) in [6, 6.07) is 9.41. The van der Waals surface area contributed by atoms with E-state index in [0.29, 0.717) is 11.6 Å². The maximum Gasteiger partial charge on any atom is 0.307 e. The molecule has 3 aromatic rings. The molecule has 1 unspecified atom stereocenters. The van der Waals surface area contributed by atoms with Gasteiger partial charge in [0.1, 0.15) is 0 Å². The molecule has 0 bridgehead atoms. The van der Waals surface area contributed by atoms with Crippen LogP contribution >= 0.6 is 24.4 Å². The number of nitrogens with one attached hydrogen (secondary N) is 1. The van der Waals surface area contributed by atoms with Crippen LogP contribution in [0.4, 0.5) is 10.1 Å². The van der Waals surface area contributed by atoms with Crippen LogP contribution in [0.25, 0.3) is 22.0 Å². The normalized spacial score (nSPS) is 12.3. The Hall–Kier alpha value is -2.18. The molecule has 0 amide bonds. The third-order valence-electron chi connectivity index (χ3n) is 5.27. The molecule has 0 aliphatic rings. The number of alkyl halides is 1. The first-order valence-electron chi connectivity index (χ1n) is 9.37. The van der Waals surface area contributed by atoms with Crippen molar-refractivity contribution in [2.45, 2.75) is 33.7 Å². The van der Waals surface area contributed by atoms with Crippen LogP contribution in [0, 0.1) is 19.8 Å². The van der Waals surface area contributed by atoms with Crippen molar-refractivity contribution in [2.75, 3.05) is 11.4 Å². The minimum atomic E-state index is -0.907. The molecule has 0 saturated heterocycles. The summed E-state index contributed by atoms with van der Waals surface area (Å²) in [4.78, 5) is 11.6. The molecule has 0 spiro atoms. The number of nitrogens with zero attached hydrogens (tertiary/aromatic N) is 1. The summed E-state index contributed by atoms with van der Waals surface area (Å²) in [6.45, 7) is 5.84. The number of aryl methyl sites for hydroxylation is 1. The van der Waals surface area contributed by atoms with Gasteiger partial charge >= 0.3 is 5.97 Å². The van der Waals surface area contributed by atoms with Gasteiger partial charge in [0.2, 0.25) is 0 Å². The summed E-state index contributed by atoms with van der Waals surface area (Å²) >= 11 is 10.4. The summed E-state index contributed by atoms with van der Waals surface area (Å²) in [5.74, 6) is -1.05. The number of carbonyl (C=O) groups is 1. The van der Waals surface area contributed by atoms with Crippen molar-refractivity contribution >= 4 is 47.0 Å². The fraction of sp³-hybridized carbons (Fsp3) is 0.318. The maximum absolute atomic E-state index is 13.2. The van der Waals surface area contributed by atoms with Crippen LogP contribution in [0.2, 0.25) is 5.02 Å². The molecular weight excluding hydrogens is 411 g/mol. The predicted molar refractivity (Wildman–Crippen MR) is 121 cm³/mol. The van der Waals surface area contributed by atoms with Crippen molar-refractivity contribution in [2.24, 2.45) is 5.92 Å². The number of anilines is 1. The zero-order chi connectivity index (χ0) is 21.3. The smallest absolute Gasteiger partial charge is 0.307 e. The topological polar surface area (TPSA) is 54.3 Å². The maximum atomic E-state index is 13.2. The van der Waals surface area contributed by atoms with E-state index in [1.54, 1.807) is 12.1 Å². The molecule has 29 heavy (non-hydrogen) atoms. The highest BCUT2D eigenvalue weighted by atomic mass is 35.5. The number of carboxylic acids is 1. The monoisotopic (exact) mass is 434 g/mol. The average molecular weight is 435 g/mol. The highest BCUT2D eigenvalue weighted by Gasteiger charge is 2.23. The molecule has 2 N–H and O–H groups in total. The van der Waals surface area contributed by atoms with E-state index in [0.717, 1.165) is 44.5 Å². The van der Waals surface area contributed by atoms with Crippen LogP contribution in [0.1, 0.15) is 23.7 Å². The van der Waals surface area contributed by atoms with Crippen molar-refractivity contribution in [3.63, 3.8) is 0 Å². The third-order valence-corrected chi connectivity index (χ3v) is 5.75. The van der Waals surface area contributed by atoms with Gasteiger partial charge in [-0.25, -0.2) is 0 Å². The molecule has 0 aliphatic heterocycles. The fourth-order valence-electron chi connectivity index (χ4n) is 3.87. The number of hydrogen-bond donors (Lipinski definition) is 3. The number of benzene rings is 2. The molecule has 3 rings (SSSR count). The van der Waals surface area contributed by atoms with Gasteiger partial charge in [0, 0.05) is 28.6 Å². The zero-order valence-electron chi connectivity index (χ0n) is 16.6. The van der Waals surface area contributed by atoms with Crippen molar-refractivity contribution in [1.29, 1.82) is 0 Å². The van der Waals surface area contributed by atoms with Crippen molar-refractivity contribution < 1.29 is 14.3 Å². The number of carboxylic acid groups (broad SMARTS) is 1. The van der Waals surface area contributed by atoms with Crippen LogP contribution in [-0.4, -0.2) is 22.3 Å². The Bertz CT molecular complexity index is 1060. The van der Waals surface area contributed by atoms with Crippen LogP contribution in [0.5, 0.6) is 0 Å². The molecule has 1 atom stereocenters. The van der Waals surface area contributed by atoms with Crippen molar-refractivity contribution in [3.8, 4) is 11.1 Å². The van der Waals surface area contributed by atoms with Crippen molar-refractivity contribution in [1.82, 2.24) is 4.57 Å². The first-order chi connectivity index (χ1) is 13.8. The number of rotatable bonds is 7. The van der Waals surface area contributed by atoms with Crippen LogP contribution < -0.4 is 4.72 Å². The zero-order valence-corrected chi connectivity index (χ0v) is 18.2. The Kier molecular flexibility index (Phi) is 6.44. The lowest BCUT2D eigenvalue weighted by molar-refractivity contribution is -0.136. The Labute approximate surface area is 180 Å². The van der Waals surface area contributed by atoms with E-state index in [-0.39, 0.29) is 12.3 Å². The van der Waals surface area contributed by atoms with E-state index in [9.17, 15) is 14.3 Å². The molecule has 0 fully saturated rings. The lowest BCUT2D eigenvalue weighted by atomic mass is 9.89. The molecule has 1 heterocycles. The number of aliphatic carboxylic acids is 1. The Morgan fingerprint density at radius 3 is 2.52 bits per heavy atom. The summed E-state index contributed by atoms with van der Waals surface area (Å²) in [5.41, 5.74) is 5.91. The quantitative estimate of drug-likeness (QED) is 0.395. The molecule has 2 aromatic carbocycles. The Morgan fingerprint density at radius 2 is 1.97 bits per heavy atom. The second kappa shape index (κ2) is 8.67. The summed E-state index contributed by atoms with van der Waals surface area (Å²) in [6.07, 6.45) is -0.118. The molecule has 154 valence electrons. The number of aromatic nitrogens is 1. The first kappa shape index (κ1) is 21.5. The number of hydrogen-bond acceptors (Lipinski definition) is 3. The minimum Gasteiger partial charge on any atom is -0.481 e. The summed E-state index contributed by atoms with van der Waals surface area (Å²) < 4.78 is 18.3. The Balaban J connectivity index is 2.43. The molecule has 0 radical (unpaired) electrons. The van der Waals surface area contributed by atoms with Crippen LogP contribution in [0.3, 0.4) is 0 Å². The first-order valence-corrected chi connectivity index (χ1v) is 10.2. The van der Waals surface area contributed by atoms with Gasteiger partial charge in [0.25, 0.3) is 0 Å². The van der Waals surface area contributed by atoms with Gasteiger partial charge in [-0.1, -0.05) is 43.5 Å². The van der Waals surface area contributed by atoms with Crippen LogP contribution in [-0.2, 0) is 17.8 Å². The Morgan fingerprint density at radius 1 is 1.31 bits per heavy atom. The second-order valence-electron chi connectivity index (χ2n) is 7.46. The summed E-state index contributed by atoms with van der Waals surface area (Å²) in [7, 11) is 0. The van der Waals surface area contributed by atoms with E-state index in [1.165, 1.54) is 0 Å². The highest BCUT2D eigenvalue weighted by Crippen LogP contribution is 2.42. The molecular formula is C22H24ClFN2O2S. The van der Waals surface area contributed by atoms with Gasteiger partial charge < -0.3 is 14.4 Å². The van der Waals surface area contributed by atoms with Gasteiger partial charge in [0.05, 0.1) is 24.3 Å². The van der Waals surface area contributed by atoms with E-state index in [4.69, 9.17) is 11.6 Å². The fourth-order valence-corrected chi connectivity index (χ4v) is 4.27. The van der Waals surface area contributed by atoms with E-state index in [1.807, 2.05) is 39.0 Å². The predicted octanol–water partition coefficient (Wildman–Crippen LogP) is 6.07. The number of thiol groups is 1. The molecule has 1 aromatic heterocycles. The standard InChI is InChI=1S/C22H24ClFN2O2S/c1-12(10-24)11-26-13(2)8-18-20(15-4-6-16(23)7-5-15)17(9-19(27)28)14(3)21(25-29)22(18)26/h4-8,12,25,29H,9-11H2,1-3H3,(H,27,28). The van der Waals surface area contributed by atoms with E-state index in [2.05, 4.69) is 22.1 Å². The summed E-state index contributed by atoms with van der Waals surface area (Å²) in [5, 5.41) is 11.1. The average Bonchev–Trinajstić information content (AvgIpc) is 2.99. The number of fused-ring (bicyclic) bond motifs is 1. The van der Waals surface area contributed by atoms with Crippen LogP contribution in [0.15, 0.2) is 30.3 Å². The highest BCUT2D eigenvalue weighted by molar-refractivity contribution is 7.81. The number of halogens is 2. The third kappa shape index (κ3) is 4.09. The van der Waals surface area contributed by atoms with E-state index >= 15 is 0 Å². The van der Waals surface area contributed by atoms with Gasteiger partial charge in [-0.05, 0) is 54.3 Å². The minimum absolute atomic E-state index is 0.118. The van der Waals surface area contributed by atoms with Gasteiger partial charge in [-0.3, -0.25) is 9.18 Å². The lowest BCUT2D eigenvalue weighted by Gasteiger charge is -2.20. The molecule has 7 heteroatoms. The SMILES string of the molecule is Cc1c(CC(=O)O)c(-c2ccc(Cl)cc2)c2cc(C)n(CC(C)CF)c2c1NS. The molecule has 4 nitrogen and oxygen atoms in total. The van der Waals surface area contributed by atoms with Crippen molar-refractivity contribution in [3.05, 3.63) is 52.2 Å². The van der Waals surface area contributed by atoms with Gasteiger partial charge in [-0.2, -0.15) is 0 Å². The molecule has 0 saturated carbocycles. The lowest BCUT2D eigenvalue weighted by Crippen LogP contribution is -2.12. The van der Waals surface area contributed by atoms with E-state index < -0.39 is 12.6 Å². The van der Waals surface area contributed by atoms with Gasteiger partial charge in [0.15, 0.2) is 0 Å². The van der Waals surface area contributed by atoms with Gasteiger partial charge in [-0.15, -0.1) is 0 Å².